The molecule has 1 fully saturated rings. The lowest BCUT2D eigenvalue weighted by atomic mass is 9.90. The molecule has 2 aliphatic rings. The number of anilines is 1. The topological polar surface area (TPSA) is 72.9 Å². The van der Waals surface area contributed by atoms with Crippen LogP contribution in [0.25, 0.3) is 0 Å². The largest absolute Gasteiger partial charge is 0.482 e. The van der Waals surface area contributed by atoms with E-state index in [1.54, 1.807) is 24.3 Å². The third-order valence-electron chi connectivity index (χ3n) is 4.85. The maximum absolute atomic E-state index is 12.6. The second-order valence-corrected chi connectivity index (χ2v) is 6.84. The number of amides is 2. The van der Waals surface area contributed by atoms with Crippen molar-refractivity contribution in [1.82, 2.24) is 0 Å². The molecule has 0 N–H and O–H groups in total. The van der Waals surface area contributed by atoms with Gasteiger partial charge in [-0.3, -0.25) is 9.59 Å². The standard InChI is InChI=1S/C21H25NO5/c1-2-3-6-12-26-19(23)14-27-16-9-7-8-15(13-16)22-20(24)17-10-4-5-11-18(17)21(22)25/h7-10,13,18H,2-6,11-12,14H2,1H3. The summed E-state index contributed by atoms with van der Waals surface area (Å²) in [6, 6.07) is 6.70. The van der Waals surface area contributed by atoms with Crippen LogP contribution in [0.15, 0.2) is 35.9 Å². The predicted molar refractivity (Wildman–Crippen MR) is 100 cm³/mol. The molecule has 1 saturated heterocycles. The van der Waals surface area contributed by atoms with Gasteiger partial charge in [-0.05, 0) is 37.8 Å². The van der Waals surface area contributed by atoms with Crippen LogP contribution in [0.5, 0.6) is 5.75 Å². The molecule has 3 rings (SSSR count). The van der Waals surface area contributed by atoms with E-state index in [0.29, 0.717) is 30.0 Å². The molecule has 0 saturated carbocycles. The molecular weight excluding hydrogens is 346 g/mol. The zero-order chi connectivity index (χ0) is 19.2. The Morgan fingerprint density at radius 1 is 1.26 bits per heavy atom. The lowest BCUT2D eigenvalue weighted by molar-refractivity contribution is -0.146. The molecule has 1 aromatic carbocycles. The molecule has 1 aliphatic carbocycles. The van der Waals surface area contributed by atoms with E-state index in [1.165, 1.54) is 4.90 Å². The van der Waals surface area contributed by atoms with E-state index in [-0.39, 0.29) is 24.3 Å². The molecule has 1 aromatic rings. The lowest BCUT2D eigenvalue weighted by Gasteiger charge is -2.16. The number of hydrogen-bond donors (Lipinski definition) is 0. The molecule has 1 heterocycles. The third kappa shape index (κ3) is 4.38. The van der Waals surface area contributed by atoms with Gasteiger partial charge < -0.3 is 9.47 Å². The Bertz CT molecular complexity index is 755. The highest BCUT2D eigenvalue weighted by Crippen LogP contribution is 2.37. The molecule has 0 bridgehead atoms. The first-order chi connectivity index (χ1) is 13.1. The van der Waals surface area contributed by atoms with Crippen molar-refractivity contribution < 1.29 is 23.9 Å². The van der Waals surface area contributed by atoms with E-state index >= 15 is 0 Å². The first kappa shape index (κ1) is 19.1. The van der Waals surface area contributed by atoms with Gasteiger partial charge in [-0.25, -0.2) is 9.69 Å². The summed E-state index contributed by atoms with van der Waals surface area (Å²) >= 11 is 0. The highest BCUT2D eigenvalue weighted by Gasteiger charge is 2.44. The second-order valence-electron chi connectivity index (χ2n) is 6.84. The van der Waals surface area contributed by atoms with Crippen LogP contribution >= 0.6 is 0 Å². The van der Waals surface area contributed by atoms with Gasteiger partial charge in [-0.15, -0.1) is 0 Å². The van der Waals surface area contributed by atoms with E-state index in [1.807, 2.05) is 6.08 Å². The van der Waals surface area contributed by atoms with E-state index in [9.17, 15) is 14.4 Å². The van der Waals surface area contributed by atoms with Gasteiger partial charge in [0.25, 0.3) is 5.91 Å². The fourth-order valence-corrected chi connectivity index (χ4v) is 3.43. The van der Waals surface area contributed by atoms with Crippen molar-refractivity contribution in [3.8, 4) is 5.75 Å². The fraction of sp³-hybridized carbons (Fsp3) is 0.476. The molecule has 0 spiro atoms. The van der Waals surface area contributed by atoms with Gasteiger partial charge in [0.1, 0.15) is 5.75 Å². The Morgan fingerprint density at radius 3 is 2.89 bits per heavy atom. The zero-order valence-corrected chi connectivity index (χ0v) is 15.6. The van der Waals surface area contributed by atoms with E-state index in [4.69, 9.17) is 9.47 Å². The molecule has 2 amide bonds. The van der Waals surface area contributed by atoms with Crippen LogP contribution in [0.2, 0.25) is 0 Å². The molecule has 0 radical (unpaired) electrons. The van der Waals surface area contributed by atoms with Crippen molar-refractivity contribution in [2.75, 3.05) is 18.1 Å². The maximum atomic E-state index is 12.6. The summed E-state index contributed by atoms with van der Waals surface area (Å²) in [5, 5.41) is 0. The number of imide groups is 1. The number of esters is 1. The smallest absolute Gasteiger partial charge is 0.344 e. The van der Waals surface area contributed by atoms with Crippen LogP contribution in [0.4, 0.5) is 5.69 Å². The van der Waals surface area contributed by atoms with Crippen molar-refractivity contribution in [1.29, 1.82) is 0 Å². The predicted octanol–water partition coefficient (Wildman–Crippen LogP) is 3.40. The van der Waals surface area contributed by atoms with Gasteiger partial charge in [0.2, 0.25) is 5.91 Å². The minimum atomic E-state index is -0.430. The number of allylic oxidation sites excluding steroid dienone is 1. The number of fused-ring (bicyclic) bond motifs is 1. The fourth-order valence-electron chi connectivity index (χ4n) is 3.43. The number of benzene rings is 1. The zero-order valence-electron chi connectivity index (χ0n) is 15.6. The number of rotatable bonds is 8. The van der Waals surface area contributed by atoms with Gasteiger partial charge in [0.05, 0.1) is 18.2 Å². The minimum absolute atomic E-state index is 0.182. The first-order valence-electron chi connectivity index (χ1n) is 9.58. The minimum Gasteiger partial charge on any atom is -0.482 e. The van der Waals surface area contributed by atoms with Crippen molar-refractivity contribution >= 4 is 23.5 Å². The summed E-state index contributed by atoms with van der Waals surface area (Å²) in [6.45, 7) is 2.27. The maximum Gasteiger partial charge on any atom is 0.344 e. The Kier molecular flexibility index (Phi) is 6.27. The summed E-state index contributed by atoms with van der Waals surface area (Å²) < 4.78 is 10.6. The molecule has 1 unspecified atom stereocenters. The van der Waals surface area contributed by atoms with Crippen molar-refractivity contribution in [2.24, 2.45) is 5.92 Å². The molecule has 1 atom stereocenters. The van der Waals surface area contributed by atoms with Crippen molar-refractivity contribution in [3.63, 3.8) is 0 Å². The average Bonchev–Trinajstić information content (AvgIpc) is 2.95. The Labute approximate surface area is 159 Å². The molecule has 27 heavy (non-hydrogen) atoms. The number of unbranched alkanes of at least 4 members (excludes halogenated alkanes) is 2. The van der Waals surface area contributed by atoms with E-state index < -0.39 is 5.97 Å². The third-order valence-corrected chi connectivity index (χ3v) is 4.85. The van der Waals surface area contributed by atoms with E-state index in [2.05, 4.69) is 6.92 Å². The number of hydrogen-bond acceptors (Lipinski definition) is 5. The lowest BCUT2D eigenvalue weighted by Crippen LogP contribution is -2.30. The first-order valence-corrected chi connectivity index (χ1v) is 9.58. The van der Waals surface area contributed by atoms with Crippen LogP contribution in [-0.2, 0) is 19.1 Å². The Morgan fingerprint density at radius 2 is 2.11 bits per heavy atom. The van der Waals surface area contributed by atoms with Crippen molar-refractivity contribution in [3.05, 3.63) is 35.9 Å². The summed E-state index contributed by atoms with van der Waals surface area (Å²) in [4.78, 5) is 38.2. The van der Waals surface area contributed by atoms with Crippen LogP contribution in [0.1, 0.15) is 45.4 Å². The second kappa shape index (κ2) is 8.84. The Balaban J connectivity index is 1.62. The summed E-state index contributed by atoms with van der Waals surface area (Å²) in [6.07, 6.45) is 7.27. The summed E-state index contributed by atoms with van der Waals surface area (Å²) in [5.74, 6) is -0.770. The SMILES string of the molecule is CCCCCOC(=O)COc1cccc(N2C(=O)C3=CCCCC3C2=O)c1. The quantitative estimate of drug-likeness (QED) is 0.398. The molecule has 6 heteroatoms. The normalized spacial score (nSPS) is 18.9. The molecular formula is C21H25NO5. The van der Waals surface area contributed by atoms with Crippen LogP contribution in [-0.4, -0.2) is 31.0 Å². The van der Waals surface area contributed by atoms with Gasteiger partial charge in [-0.2, -0.15) is 0 Å². The molecule has 144 valence electrons. The van der Waals surface area contributed by atoms with Crippen LogP contribution in [0, 0.1) is 5.92 Å². The van der Waals surface area contributed by atoms with Gasteiger partial charge in [0.15, 0.2) is 6.61 Å². The number of nitrogens with zero attached hydrogens (tertiary/aromatic N) is 1. The van der Waals surface area contributed by atoms with Gasteiger partial charge >= 0.3 is 5.97 Å². The molecule has 6 nitrogen and oxygen atoms in total. The monoisotopic (exact) mass is 371 g/mol. The summed E-state index contributed by atoms with van der Waals surface area (Å²) in [5.41, 5.74) is 1.07. The van der Waals surface area contributed by atoms with Crippen LogP contribution in [0.3, 0.4) is 0 Å². The number of ether oxygens (including phenoxy) is 2. The van der Waals surface area contributed by atoms with Crippen LogP contribution < -0.4 is 9.64 Å². The Hall–Kier alpha value is -2.63. The number of carbonyl (C=O) groups is 3. The summed E-state index contributed by atoms with van der Waals surface area (Å²) in [7, 11) is 0. The molecule has 1 aliphatic heterocycles. The van der Waals surface area contributed by atoms with Crippen molar-refractivity contribution in [2.45, 2.75) is 45.4 Å². The average molecular weight is 371 g/mol. The van der Waals surface area contributed by atoms with E-state index in [0.717, 1.165) is 32.1 Å². The number of carbonyl (C=O) groups excluding carboxylic acids is 3. The molecule has 0 aromatic heterocycles. The highest BCUT2D eigenvalue weighted by molar-refractivity contribution is 6.29. The van der Waals surface area contributed by atoms with Gasteiger partial charge in [0, 0.05) is 11.6 Å². The van der Waals surface area contributed by atoms with Gasteiger partial charge in [-0.1, -0.05) is 31.9 Å². The highest BCUT2D eigenvalue weighted by atomic mass is 16.6.